The van der Waals surface area contributed by atoms with Crippen LogP contribution in [0, 0.1) is 17.8 Å². The van der Waals surface area contributed by atoms with Crippen LogP contribution in [0.2, 0.25) is 0 Å². The number of allylic oxidation sites excluding steroid dienone is 9. The molecule has 1 unspecified atom stereocenters. The van der Waals surface area contributed by atoms with Crippen LogP contribution in [-0.4, -0.2) is 0 Å². The zero-order valence-corrected chi connectivity index (χ0v) is 20.6. The third kappa shape index (κ3) is 3.98. The molecule has 4 aliphatic rings. The van der Waals surface area contributed by atoms with Crippen LogP contribution in [0.25, 0.3) is 11.6 Å². The summed E-state index contributed by atoms with van der Waals surface area (Å²) in [6, 6.07) is 16.4. The zero-order valence-electron chi connectivity index (χ0n) is 20.6. The van der Waals surface area contributed by atoms with Crippen molar-refractivity contribution in [3.8, 4) is 0 Å². The van der Waals surface area contributed by atoms with Crippen molar-refractivity contribution in [1.82, 2.24) is 0 Å². The molecule has 1 fully saturated rings. The fourth-order valence-corrected chi connectivity index (χ4v) is 6.65. The normalized spacial score (nSPS) is 25.1. The Morgan fingerprint density at radius 2 is 1.68 bits per heavy atom. The van der Waals surface area contributed by atoms with Crippen LogP contribution in [0.15, 0.2) is 90.1 Å². The van der Waals surface area contributed by atoms with E-state index in [0.717, 1.165) is 30.6 Å². The van der Waals surface area contributed by atoms with Crippen molar-refractivity contribution in [2.45, 2.75) is 58.3 Å². The van der Waals surface area contributed by atoms with Crippen LogP contribution in [-0.2, 0) is 12.8 Å². The number of benzene rings is 2. The second kappa shape index (κ2) is 9.06. The Morgan fingerprint density at radius 1 is 0.853 bits per heavy atom. The SMILES string of the molecule is CC(C)C1CCC(c2ccc(CC3=CC=C(c4cccc5c4C=CC5)C4C=CC=C34)cc2)CC1. The fourth-order valence-electron chi connectivity index (χ4n) is 6.65. The fraction of sp³-hybridized carbons (Fsp3) is 0.353. The first-order chi connectivity index (χ1) is 16.7. The average molecular weight is 445 g/mol. The minimum atomic E-state index is 0.385. The number of rotatable bonds is 5. The Hall–Kier alpha value is -2.86. The van der Waals surface area contributed by atoms with Crippen molar-refractivity contribution in [3.63, 3.8) is 0 Å². The van der Waals surface area contributed by atoms with Gasteiger partial charge in [0.1, 0.15) is 0 Å². The summed E-state index contributed by atoms with van der Waals surface area (Å²) in [5.74, 6) is 2.91. The van der Waals surface area contributed by atoms with E-state index in [9.17, 15) is 0 Å². The highest BCUT2D eigenvalue weighted by atomic mass is 14.3. The van der Waals surface area contributed by atoms with E-state index in [4.69, 9.17) is 0 Å². The van der Waals surface area contributed by atoms with E-state index >= 15 is 0 Å². The highest BCUT2D eigenvalue weighted by molar-refractivity contribution is 5.84. The Morgan fingerprint density at radius 3 is 2.47 bits per heavy atom. The van der Waals surface area contributed by atoms with Crippen LogP contribution in [0.1, 0.15) is 73.3 Å². The van der Waals surface area contributed by atoms with Gasteiger partial charge in [-0.15, -0.1) is 0 Å². The Labute approximate surface area is 205 Å². The second-order valence-corrected chi connectivity index (χ2v) is 11.1. The Kier molecular flexibility index (Phi) is 5.77. The standard InChI is InChI=1S/C34H36/c1-23(2)25-16-18-27(19-17-25)26-14-12-24(13-15-26)22-29-20-21-34(33-11-5-9-31(29)33)32-10-4-7-28-6-3-8-30(28)32/h3-5,7-15,20-21,23,25,27,33H,6,16-19,22H2,1-2H3. The molecule has 0 aromatic heterocycles. The molecule has 0 amide bonds. The number of fused-ring (bicyclic) bond motifs is 2. The van der Waals surface area contributed by atoms with Crippen LogP contribution in [0.5, 0.6) is 0 Å². The third-order valence-corrected chi connectivity index (χ3v) is 8.77. The molecule has 0 N–H and O–H groups in total. The summed E-state index contributed by atoms with van der Waals surface area (Å²) < 4.78 is 0. The van der Waals surface area contributed by atoms with Gasteiger partial charge in [0.05, 0.1) is 0 Å². The van der Waals surface area contributed by atoms with Gasteiger partial charge in [-0.2, -0.15) is 0 Å². The first kappa shape index (κ1) is 21.7. The molecule has 0 nitrogen and oxygen atoms in total. The highest BCUT2D eigenvalue weighted by Crippen LogP contribution is 2.44. The molecule has 1 saturated carbocycles. The van der Waals surface area contributed by atoms with Crippen LogP contribution < -0.4 is 0 Å². The van der Waals surface area contributed by atoms with Gasteiger partial charge in [0.2, 0.25) is 0 Å². The molecule has 2 aromatic carbocycles. The summed E-state index contributed by atoms with van der Waals surface area (Å²) in [6.07, 6.45) is 23.9. The van der Waals surface area contributed by atoms with Gasteiger partial charge >= 0.3 is 0 Å². The molecule has 1 atom stereocenters. The van der Waals surface area contributed by atoms with Crippen molar-refractivity contribution < 1.29 is 0 Å². The lowest BCUT2D eigenvalue weighted by atomic mass is 9.74. The molecule has 172 valence electrons. The second-order valence-electron chi connectivity index (χ2n) is 11.1. The molecule has 0 saturated heterocycles. The smallest absolute Gasteiger partial charge is 0.0281 e. The largest absolute Gasteiger partial charge is 0.0795 e. The lowest BCUT2D eigenvalue weighted by Crippen LogP contribution is -2.17. The van der Waals surface area contributed by atoms with Crippen LogP contribution in [0.4, 0.5) is 0 Å². The third-order valence-electron chi connectivity index (χ3n) is 8.77. The maximum atomic E-state index is 2.42. The first-order valence-corrected chi connectivity index (χ1v) is 13.3. The minimum absolute atomic E-state index is 0.385. The van der Waals surface area contributed by atoms with Crippen LogP contribution >= 0.6 is 0 Å². The molecule has 0 radical (unpaired) electrons. The predicted octanol–water partition coefficient (Wildman–Crippen LogP) is 8.86. The van der Waals surface area contributed by atoms with E-state index in [-0.39, 0.29) is 0 Å². The minimum Gasteiger partial charge on any atom is -0.0795 e. The van der Waals surface area contributed by atoms with Crippen molar-refractivity contribution in [2.24, 2.45) is 17.8 Å². The van der Waals surface area contributed by atoms with Crippen molar-refractivity contribution in [3.05, 3.63) is 118 Å². The average Bonchev–Trinajstić information content (AvgIpc) is 3.55. The Bertz CT molecular complexity index is 1220. The Balaban J connectivity index is 1.20. The monoisotopic (exact) mass is 444 g/mol. The molecule has 2 aromatic rings. The molecular formula is C34H36. The van der Waals surface area contributed by atoms with Crippen molar-refractivity contribution >= 4 is 11.6 Å². The summed E-state index contributed by atoms with van der Waals surface area (Å²) in [4.78, 5) is 0. The molecule has 34 heavy (non-hydrogen) atoms. The van der Waals surface area contributed by atoms with Crippen LogP contribution in [0.3, 0.4) is 0 Å². The van der Waals surface area contributed by atoms with E-state index in [1.165, 1.54) is 64.7 Å². The molecule has 0 bridgehead atoms. The van der Waals surface area contributed by atoms with E-state index in [0.29, 0.717) is 5.92 Å². The van der Waals surface area contributed by atoms with Gasteiger partial charge < -0.3 is 0 Å². The molecule has 0 aliphatic heterocycles. The predicted molar refractivity (Wildman–Crippen MR) is 146 cm³/mol. The summed E-state index contributed by atoms with van der Waals surface area (Å²) in [6.45, 7) is 4.78. The maximum Gasteiger partial charge on any atom is 0.0281 e. The lowest BCUT2D eigenvalue weighted by molar-refractivity contribution is 0.259. The van der Waals surface area contributed by atoms with Crippen molar-refractivity contribution in [1.29, 1.82) is 0 Å². The molecule has 4 aliphatic carbocycles. The maximum absolute atomic E-state index is 2.42. The van der Waals surface area contributed by atoms with Gasteiger partial charge in [0.25, 0.3) is 0 Å². The number of hydrogen-bond donors (Lipinski definition) is 0. The molecular weight excluding hydrogens is 408 g/mol. The molecule has 6 rings (SSSR count). The summed E-state index contributed by atoms with van der Waals surface area (Å²) in [7, 11) is 0. The van der Waals surface area contributed by atoms with Gasteiger partial charge in [-0.1, -0.05) is 98.8 Å². The van der Waals surface area contributed by atoms with Gasteiger partial charge in [-0.05, 0) is 101 Å². The van der Waals surface area contributed by atoms with Gasteiger partial charge in [-0.25, -0.2) is 0 Å². The summed E-state index contributed by atoms with van der Waals surface area (Å²) in [5, 5.41) is 0. The van der Waals surface area contributed by atoms with Crippen molar-refractivity contribution in [2.75, 3.05) is 0 Å². The topological polar surface area (TPSA) is 0 Å². The first-order valence-electron chi connectivity index (χ1n) is 13.3. The van der Waals surface area contributed by atoms with E-state index in [1.54, 1.807) is 5.56 Å². The summed E-state index contributed by atoms with van der Waals surface area (Å²) >= 11 is 0. The zero-order chi connectivity index (χ0) is 23.1. The highest BCUT2D eigenvalue weighted by Gasteiger charge is 2.28. The lowest BCUT2D eigenvalue weighted by Gasteiger charge is -2.31. The van der Waals surface area contributed by atoms with E-state index in [2.05, 4.69) is 98.8 Å². The van der Waals surface area contributed by atoms with Gasteiger partial charge in [-0.3, -0.25) is 0 Å². The van der Waals surface area contributed by atoms with E-state index < -0.39 is 0 Å². The van der Waals surface area contributed by atoms with Gasteiger partial charge in [0, 0.05) is 5.92 Å². The van der Waals surface area contributed by atoms with E-state index in [1.807, 2.05) is 0 Å². The van der Waals surface area contributed by atoms with Gasteiger partial charge in [0.15, 0.2) is 0 Å². The molecule has 0 spiro atoms. The molecule has 0 heterocycles. The summed E-state index contributed by atoms with van der Waals surface area (Å²) in [5.41, 5.74) is 11.6. The quantitative estimate of drug-likeness (QED) is 0.432. The molecule has 0 heteroatoms. The number of hydrogen-bond acceptors (Lipinski definition) is 0.